The van der Waals surface area contributed by atoms with Crippen LogP contribution in [0.5, 0.6) is 0 Å². The van der Waals surface area contributed by atoms with Crippen molar-refractivity contribution in [2.75, 3.05) is 18.5 Å². The highest BCUT2D eigenvalue weighted by atomic mass is 16.5. The number of nitrogens with zero attached hydrogens (tertiary/aromatic N) is 1. The summed E-state index contributed by atoms with van der Waals surface area (Å²) in [6.45, 7) is 6.91. The van der Waals surface area contributed by atoms with Gasteiger partial charge in [-0.1, -0.05) is 18.6 Å². The normalized spacial score (nSPS) is 19.3. The lowest BCUT2D eigenvalue weighted by Crippen LogP contribution is -2.36. The van der Waals surface area contributed by atoms with Crippen molar-refractivity contribution in [1.29, 1.82) is 0 Å². The second-order valence-electron chi connectivity index (χ2n) is 5.76. The predicted octanol–water partition coefficient (Wildman–Crippen LogP) is 3.55. The van der Waals surface area contributed by atoms with Crippen LogP contribution < -0.4 is 5.32 Å². The first kappa shape index (κ1) is 16.6. The zero-order valence-corrected chi connectivity index (χ0v) is 13.5. The number of rotatable bonds is 6. The second kappa shape index (κ2) is 8.59. The highest BCUT2D eigenvalue weighted by molar-refractivity contribution is 5.99. The van der Waals surface area contributed by atoms with Crippen molar-refractivity contribution in [3.05, 3.63) is 42.2 Å². The van der Waals surface area contributed by atoms with Gasteiger partial charge in [0, 0.05) is 24.4 Å². The first-order valence-corrected chi connectivity index (χ1v) is 8.11. The van der Waals surface area contributed by atoms with Crippen LogP contribution in [0.4, 0.5) is 5.69 Å². The number of piperidine rings is 1. The van der Waals surface area contributed by atoms with E-state index >= 15 is 0 Å². The molecule has 2 rings (SSSR count). The summed E-state index contributed by atoms with van der Waals surface area (Å²) in [6.07, 6.45) is 6.75. The average Bonchev–Trinajstić information content (AvgIpc) is 2.52. The summed E-state index contributed by atoms with van der Waals surface area (Å²) in [5, 5.41) is 2.82. The molecule has 4 nitrogen and oxygen atoms in total. The molecule has 0 spiro atoms. The first-order chi connectivity index (χ1) is 10.7. The van der Waals surface area contributed by atoms with Gasteiger partial charge in [-0.2, -0.15) is 0 Å². The maximum atomic E-state index is 11.6. The van der Waals surface area contributed by atoms with Crippen molar-refractivity contribution in [3.8, 4) is 0 Å². The first-order valence-electron chi connectivity index (χ1n) is 8.11. The highest BCUT2D eigenvalue weighted by Gasteiger charge is 2.17. The number of nitrogens with one attached hydrogen (secondary N) is 1. The average molecular weight is 302 g/mol. The summed E-state index contributed by atoms with van der Waals surface area (Å²) >= 11 is 0. The van der Waals surface area contributed by atoms with Gasteiger partial charge in [0.05, 0.1) is 12.9 Å². The minimum Gasteiger partial charge on any atom is -0.501 e. The minimum atomic E-state index is -0.175. The van der Waals surface area contributed by atoms with E-state index in [2.05, 4.69) is 29.3 Å². The topological polar surface area (TPSA) is 41.6 Å². The molecule has 22 heavy (non-hydrogen) atoms. The summed E-state index contributed by atoms with van der Waals surface area (Å²) in [5.41, 5.74) is 2.10. The summed E-state index contributed by atoms with van der Waals surface area (Å²) in [5.74, 6) is -0.175. The molecule has 0 radical (unpaired) electrons. The number of hydrogen-bond donors (Lipinski definition) is 1. The van der Waals surface area contributed by atoms with Crippen molar-refractivity contribution in [2.45, 2.75) is 45.7 Å². The molecule has 1 fully saturated rings. The number of hydrogen-bond acceptors (Lipinski definition) is 3. The van der Waals surface area contributed by atoms with E-state index in [0.29, 0.717) is 12.6 Å². The van der Waals surface area contributed by atoms with E-state index in [1.165, 1.54) is 43.7 Å². The Morgan fingerprint density at radius 2 is 2.14 bits per heavy atom. The molecule has 1 aliphatic heterocycles. The molecule has 0 bridgehead atoms. The third-order valence-corrected chi connectivity index (χ3v) is 4.03. The number of anilines is 1. The molecule has 0 saturated carbocycles. The zero-order chi connectivity index (χ0) is 15.8. The Kier molecular flexibility index (Phi) is 6.46. The Balaban J connectivity index is 1.86. The van der Waals surface area contributed by atoms with Gasteiger partial charge in [-0.25, -0.2) is 0 Å². The second-order valence-corrected chi connectivity index (χ2v) is 5.76. The molecule has 1 aromatic rings. The fourth-order valence-corrected chi connectivity index (χ4v) is 2.71. The van der Waals surface area contributed by atoms with Crippen molar-refractivity contribution < 1.29 is 9.53 Å². The molecule has 1 N–H and O–H groups in total. The van der Waals surface area contributed by atoms with Gasteiger partial charge in [-0.05, 0) is 50.9 Å². The zero-order valence-electron chi connectivity index (χ0n) is 13.5. The van der Waals surface area contributed by atoms with E-state index < -0.39 is 0 Å². The quantitative estimate of drug-likeness (QED) is 0.645. The van der Waals surface area contributed by atoms with Crippen LogP contribution in [0.15, 0.2) is 36.6 Å². The fraction of sp³-hybridized carbons (Fsp3) is 0.500. The SMILES string of the molecule is CCO/C=C/C(=O)Nc1ccc(CN2CCCCC2C)cc1. The molecular weight excluding hydrogens is 276 g/mol. The third-order valence-electron chi connectivity index (χ3n) is 4.03. The molecule has 1 saturated heterocycles. The lowest BCUT2D eigenvalue weighted by Gasteiger charge is -2.33. The molecule has 1 heterocycles. The smallest absolute Gasteiger partial charge is 0.251 e. The van der Waals surface area contributed by atoms with E-state index in [-0.39, 0.29) is 5.91 Å². The van der Waals surface area contributed by atoms with Gasteiger partial charge in [0.15, 0.2) is 0 Å². The number of amides is 1. The Hall–Kier alpha value is -1.81. The molecule has 1 unspecified atom stereocenters. The number of carbonyl (C=O) groups excluding carboxylic acids is 1. The number of carbonyl (C=O) groups is 1. The maximum absolute atomic E-state index is 11.6. The van der Waals surface area contributed by atoms with Gasteiger partial charge in [-0.15, -0.1) is 0 Å². The van der Waals surface area contributed by atoms with Crippen molar-refractivity contribution >= 4 is 11.6 Å². The van der Waals surface area contributed by atoms with E-state index in [1.54, 1.807) is 0 Å². The van der Waals surface area contributed by atoms with Crippen LogP contribution in [0, 0.1) is 0 Å². The summed E-state index contributed by atoms with van der Waals surface area (Å²) in [7, 11) is 0. The van der Waals surface area contributed by atoms with E-state index in [4.69, 9.17) is 4.74 Å². The molecule has 1 atom stereocenters. The van der Waals surface area contributed by atoms with Crippen molar-refractivity contribution in [2.24, 2.45) is 0 Å². The minimum absolute atomic E-state index is 0.175. The maximum Gasteiger partial charge on any atom is 0.251 e. The van der Waals surface area contributed by atoms with Crippen LogP contribution in [0.1, 0.15) is 38.7 Å². The summed E-state index contributed by atoms with van der Waals surface area (Å²) in [4.78, 5) is 14.2. The van der Waals surface area contributed by atoms with Crippen LogP contribution in [0.2, 0.25) is 0 Å². The van der Waals surface area contributed by atoms with Crippen LogP contribution in [-0.2, 0) is 16.1 Å². The Morgan fingerprint density at radius 3 is 2.82 bits per heavy atom. The van der Waals surface area contributed by atoms with Gasteiger partial charge in [0.2, 0.25) is 0 Å². The molecular formula is C18H26N2O2. The number of likely N-dealkylation sites (tertiary alicyclic amines) is 1. The molecule has 1 aliphatic rings. The van der Waals surface area contributed by atoms with Gasteiger partial charge < -0.3 is 10.1 Å². The highest BCUT2D eigenvalue weighted by Crippen LogP contribution is 2.20. The van der Waals surface area contributed by atoms with E-state index in [0.717, 1.165) is 12.2 Å². The number of benzene rings is 1. The summed E-state index contributed by atoms with van der Waals surface area (Å²) < 4.78 is 5.01. The standard InChI is InChI=1S/C18H26N2O2/c1-3-22-13-11-18(21)19-17-9-7-16(8-10-17)14-20-12-5-4-6-15(20)2/h7-11,13,15H,3-6,12,14H2,1-2H3,(H,19,21)/b13-11+. The molecule has 0 aromatic heterocycles. The number of ether oxygens (including phenoxy) is 1. The van der Waals surface area contributed by atoms with Gasteiger partial charge in [0.25, 0.3) is 5.91 Å². The lowest BCUT2D eigenvalue weighted by molar-refractivity contribution is -0.112. The molecule has 0 aliphatic carbocycles. The van der Waals surface area contributed by atoms with Gasteiger partial charge in [0.1, 0.15) is 0 Å². The van der Waals surface area contributed by atoms with Gasteiger partial charge >= 0.3 is 0 Å². The third kappa shape index (κ3) is 5.19. The summed E-state index contributed by atoms with van der Waals surface area (Å²) in [6, 6.07) is 8.75. The monoisotopic (exact) mass is 302 g/mol. The van der Waals surface area contributed by atoms with E-state index in [9.17, 15) is 4.79 Å². The Labute approximate surface area is 133 Å². The lowest BCUT2D eigenvalue weighted by atomic mass is 10.0. The molecule has 1 aromatic carbocycles. The Morgan fingerprint density at radius 1 is 1.36 bits per heavy atom. The van der Waals surface area contributed by atoms with Crippen LogP contribution in [0.25, 0.3) is 0 Å². The van der Waals surface area contributed by atoms with Crippen LogP contribution in [0.3, 0.4) is 0 Å². The molecule has 1 amide bonds. The largest absolute Gasteiger partial charge is 0.501 e. The van der Waals surface area contributed by atoms with Gasteiger partial charge in [-0.3, -0.25) is 9.69 Å². The van der Waals surface area contributed by atoms with Crippen LogP contribution >= 0.6 is 0 Å². The fourth-order valence-electron chi connectivity index (χ4n) is 2.71. The molecule has 4 heteroatoms. The van der Waals surface area contributed by atoms with E-state index in [1.807, 2.05) is 19.1 Å². The Bertz CT molecular complexity index is 496. The van der Waals surface area contributed by atoms with Crippen LogP contribution in [-0.4, -0.2) is 30.0 Å². The van der Waals surface area contributed by atoms with Crippen molar-refractivity contribution in [3.63, 3.8) is 0 Å². The molecule has 120 valence electrons. The van der Waals surface area contributed by atoms with Crippen molar-refractivity contribution in [1.82, 2.24) is 4.90 Å². The predicted molar refractivity (Wildman–Crippen MR) is 89.6 cm³/mol.